The molecule has 1 aliphatic heterocycles. The van der Waals surface area contributed by atoms with Gasteiger partial charge in [-0.05, 0) is 17.7 Å². The first-order chi connectivity index (χ1) is 14.6. The summed E-state index contributed by atoms with van der Waals surface area (Å²) in [5.41, 5.74) is -0.129. The van der Waals surface area contributed by atoms with Crippen LogP contribution in [-0.4, -0.2) is 46.4 Å². The zero-order chi connectivity index (χ0) is 22.2. The molecule has 2 aromatic heterocycles. The molecule has 1 aliphatic rings. The minimum absolute atomic E-state index is 0.0397. The minimum atomic E-state index is -4.57. The molecule has 3 aromatic rings. The Morgan fingerprint density at radius 3 is 2.45 bits per heavy atom. The molecule has 0 saturated carbocycles. The fourth-order valence-corrected chi connectivity index (χ4v) is 5.12. The van der Waals surface area contributed by atoms with E-state index in [2.05, 4.69) is 15.3 Å². The van der Waals surface area contributed by atoms with E-state index in [1.165, 1.54) is 29.0 Å². The van der Waals surface area contributed by atoms with Gasteiger partial charge in [-0.2, -0.15) is 17.5 Å². The van der Waals surface area contributed by atoms with E-state index in [1.54, 1.807) is 11.6 Å². The van der Waals surface area contributed by atoms with E-state index in [9.17, 15) is 21.6 Å². The van der Waals surface area contributed by atoms with Crippen LogP contribution in [-0.2, 0) is 23.2 Å². The molecule has 1 fully saturated rings. The first-order valence-electron chi connectivity index (χ1n) is 9.48. The van der Waals surface area contributed by atoms with Gasteiger partial charge in [-0.25, -0.2) is 18.4 Å². The summed E-state index contributed by atoms with van der Waals surface area (Å²) in [6.45, 7) is 0.232. The molecule has 1 saturated heterocycles. The minimum Gasteiger partial charge on any atom is -0.365 e. The molecule has 11 heteroatoms. The number of benzene rings is 1. The summed E-state index contributed by atoms with van der Waals surface area (Å²) in [6.07, 6.45) is -1.75. The molecule has 4 rings (SSSR count). The van der Waals surface area contributed by atoms with E-state index in [0.29, 0.717) is 0 Å². The lowest BCUT2D eigenvalue weighted by atomic mass is 9.94. The number of anilines is 1. The van der Waals surface area contributed by atoms with Crippen LogP contribution in [0.2, 0.25) is 0 Å². The van der Waals surface area contributed by atoms with Gasteiger partial charge in [0.2, 0.25) is 0 Å². The van der Waals surface area contributed by atoms with Crippen molar-refractivity contribution in [2.75, 3.05) is 18.4 Å². The molecule has 0 aliphatic carbocycles. The molecule has 0 bridgehead atoms. The van der Waals surface area contributed by atoms with Gasteiger partial charge in [0, 0.05) is 38.3 Å². The van der Waals surface area contributed by atoms with Crippen LogP contribution in [0, 0.1) is 0 Å². The molecule has 1 N–H and O–H groups in total. The highest BCUT2D eigenvalue weighted by Gasteiger charge is 2.41. The molecule has 164 valence electrons. The number of nitrogens with one attached hydrogen (secondary N) is 1. The van der Waals surface area contributed by atoms with Crippen molar-refractivity contribution in [2.24, 2.45) is 7.05 Å². The summed E-state index contributed by atoms with van der Waals surface area (Å²) in [5.74, 6) is -0.242. The van der Waals surface area contributed by atoms with Gasteiger partial charge in [0.15, 0.2) is 5.03 Å². The van der Waals surface area contributed by atoms with Gasteiger partial charge < -0.3 is 9.88 Å². The lowest BCUT2D eigenvalue weighted by Crippen LogP contribution is -2.32. The Labute approximate surface area is 177 Å². The second kappa shape index (κ2) is 7.97. The molecule has 0 radical (unpaired) electrons. The Bertz CT molecular complexity index is 1160. The predicted octanol–water partition coefficient (Wildman–Crippen LogP) is 3.10. The van der Waals surface area contributed by atoms with Gasteiger partial charge >= 0.3 is 6.18 Å². The van der Waals surface area contributed by atoms with E-state index in [1.807, 2.05) is 30.3 Å². The fourth-order valence-electron chi connectivity index (χ4n) is 3.67. The van der Waals surface area contributed by atoms with Crippen LogP contribution in [0.3, 0.4) is 0 Å². The Balaban J connectivity index is 1.65. The maximum Gasteiger partial charge on any atom is 0.433 e. The number of nitrogens with zero attached hydrogens (tertiary/aromatic N) is 4. The summed E-state index contributed by atoms with van der Waals surface area (Å²) < 4.78 is 68.1. The van der Waals surface area contributed by atoms with E-state index in [0.717, 1.165) is 11.6 Å². The molecular formula is C20H20F3N5O2S. The zero-order valence-electron chi connectivity index (χ0n) is 16.5. The highest BCUT2D eigenvalue weighted by atomic mass is 32.2. The predicted molar refractivity (Wildman–Crippen MR) is 108 cm³/mol. The first-order valence-corrected chi connectivity index (χ1v) is 10.9. The van der Waals surface area contributed by atoms with Crippen LogP contribution < -0.4 is 5.32 Å². The number of aryl methyl sites for hydroxylation is 1. The standard InChI is InChI=1S/C20H20F3N5O2S/c1-27-12-19(24-13-27)31(29,30)28-10-15(14-6-3-2-4-7-14)16(11-28)25-18-9-5-8-17(26-18)20(21,22)23/h2-9,12-13,15-16H,10-11H2,1H3,(H,25,26). The molecule has 0 spiro atoms. The molecule has 2 atom stereocenters. The average molecular weight is 451 g/mol. The topological polar surface area (TPSA) is 80.1 Å². The average Bonchev–Trinajstić information content (AvgIpc) is 3.36. The number of hydrogen-bond donors (Lipinski definition) is 1. The number of halogens is 3. The maximum atomic E-state index is 13.1. The molecule has 2 unspecified atom stereocenters. The van der Waals surface area contributed by atoms with Crippen LogP contribution in [0.15, 0.2) is 66.1 Å². The zero-order valence-corrected chi connectivity index (χ0v) is 17.3. The Morgan fingerprint density at radius 2 is 1.81 bits per heavy atom. The lowest BCUT2D eigenvalue weighted by Gasteiger charge is -2.21. The SMILES string of the molecule is Cn1cnc(S(=O)(=O)N2CC(Nc3cccc(C(F)(F)F)n3)C(c3ccccc3)C2)c1. The quantitative estimate of drug-likeness (QED) is 0.645. The Morgan fingerprint density at radius 1 is 1.06 bits per heavy atom. The monoisotopic (exact) mass is 451 g/mol. The summed E-state index contributed by atoms with van der Waals surface area (Å²) in [6, 6.07) is 12.4. The van der Waals surface area contributed by atoms with Crippen molar-refractivity contribution in [3.8, 4) is 0 Å². The number of hydrogen-bond acceptors (Lipinski definition) is 5. The number of rotatable bonds is 5. The highest BCUT2D eigenvalue weighted by molar-refractivity contribution is 7.89. The van der Waals surface area contributed by atoms with Crippen molar-refractivity contribution >= 4 is 15.8 Å². The van der Waals surface area contributed by atoms with E-state index in [-0.39, 0.29) is 29.9 Å². The summed E-state index contributed by atoms with van der Waals surface area (Å²) in [4.78, 5) is 7.62. The maximum absolute atomic E-state index is 13.1. The number of imidazole rings is 1. The van der Waals surface area contributed by atoms with E-state index < -0.39 is 27.9 Å². The molecule has 1 aromatic carbocycles. The van der Waals surface area contributed by atoms with Gasteiger partial charge in [0.25, 0.3) is 10.0 Å². The summed E-state index contributed by atoms with van der Waals surface area (Å²) in [5, 5.41) is 2.95. The van der Waals surface area contributed by atoms with E-state index >= 15 is 0 Å². The van der Waals surface area contributed by atoms with E-state index in [4.69, 9.17) is 0 Å². The Kier molecular flexibility index (Phi) is 5.48. The van der Waals surface area contributed by atoms with Crippen molar-refractivity contribution in [1.29, 1.82) is 0 Å². The molecular weight excluding hydrogens is 431 g/mol. The van der Waals surface area contributed by atoms with Crippen molar-refractivity contribution in [3.05, 3.63) is 72.3 Å². The van der Waals surface area contributed by atoms with Gasteiger partial charge in [0.1, 0.15) is 11.5 Å². The molecule has 3 heterocycles. The smallest absolute Gasteiger partial charge is 0.365 e. The van der Waals surface area contributed by atoms with Gasteiger partial charge in [-0.3, -0.25) is 0 Å². The summed E-state index contributed by atoms with van der Waals surface area (Å²) in [7, 11) is -2.18. The second-order valence-corrected chi connectivity index (χ2v) is 9.26. The highest BCUT2D eigenvalue weighted by Crippen LogP contribution is 2.34. The number of pyridine rings is 1. The van der Waals surface area contributed by atoms with Crippen molar-refractivity contribution in [3.63, 3.8) is 0 Å². The van der Waals surface area contributed by atoms with Crippen LogP contribution >= 0.6 is 0 Å². The van der Waals surface area contributed by atoms with Gasteiger partial charge in [-0.15, -0.1) is 0 Å². The third kappa shape index (κ3) is 4.42. The number of sulfonamides is 1. The van der Waals surface area contributed by atoms with Gasteiger partial charge in [0.05, 0.1) is 6.33 Å². The third-order valence-corrected chi connectivity index (χ3v) is 6.89. The van der Waals surface area contributed by atoms with Crippen LogP contribution in [0.25, 0.3) is 0 Å². The van der Waals surface area contributed by atoms with Crippen molar-refractivity contribution in [1.82, 2.24) is 18.8 Å². The largest absolute Gasteiger partial charge is 0.433 e. The van der Waals surface area contributed by atoms with Crippen LogP contribution in [0.5, 0.6) is 0 Å². The first kappa shape index (κ1) is 21.3. The number of aromatic nitrogens is 3. The van der Waals surface area contributed by atoms with Crippen molar-refractivity contribution in [2.45, 2.75) is 23.2 Å². The van der Waals surface area contributed by atoms with Crippen molar-refractivity contribution < 1.29 is 21.6 Å². The fraction of sp³-hybridized carbons (Fsp3) is 0.300. The summed E-state index contributed by atoms with van der Waals surface area (Å²) >= 11 is 0. The van der Waals surface area contributed by atoms with Crippen LogP contribution in [0.4, 0.5) is 19.0 Å². The second-order valence-electron chi connectivity index (χ2n) is 7.37. The third-order valence-electron chi connectivity index (χ3n) is 5.17. The van der Waals surface area contributed by atoms with Crippen LogP contribution in [0.1, 0.15) is 17.2 Å². The lowest BCUT2D eigenvalue weighted by molar-refractivity contribution is -0.141. The molecule has 7 nitrogen and oxygen atoms in total. The Hall–Kier alpha value is -2.92. The normalized spacial score (nSPS) is 20.1. The molecule has 0 amide bonds. The van der Waals surface area contributed by atoms with Gasteiger partial charge in [-0.1, -0.05) is 36.4 Å². The number of alkyl halides is 3. The molecule has 31 heavy (non-hydrogen) atoms.